The van der Waals surface area contributed by atoms with Gasteiger partial charge in [0.15, 0.2) is 9.84 Å². The van der Waals surface area contributed by atoms with Gasteiger partial charge in [0.2, 0.25) is 5.91 Å². The third-order valence-electron chi connectivity index (χ3n) is 3.89. The van der Waals surface area contributed by atoms with Crippen molar-refractivity contribution < 1.29 is 17.6 Å². The molecule has 3 rings (SSSR count). The first-order chi connectivity index (χ1) is 11.9. The largest absolute Gasteiger partial charge is 0.380 e. The Bertz CT molecular complexity index is 869. The number of carbonyl (C=O) groups excluding carboxylic acids is 1. The summed E-state index contributed by atoms with van der Waals surface area (Å²) in [4.78, 5) is 16.1. The van der Waals surface area contributed by atoms with Gasteiger partial charge in [-0.2, -0.15) is 0 Å². The Labute approximate surface area is 145 Å². The monoisotopic (exact) mass is 363 g/mol. The number of hydrogen-bond acceptors (Lipinski definition) is 5. The lowest BCUT2D eigenvalue weighted by molar-refractivity contribution is -0.115. The molecule has 2 aromatic rings. The number of sulfone groups is 1. The summed E-state index contributed by atoms with van der Waals surface area (Å²) in [6.45, 7) is 0. The number of carbonyl (C=O) groups is 1. The molecule has 8 heteroatoms. The number of benzene rings is 1. The zero-order valence-corrected chi connectivity index (χ0v) is 14.2. The lowest BCUT2D eigenvalue weighted by Crippen LogP contribution is -2.20. The summed E-state index contributed by atoms with van der Waals surface area (Å²) in [7, 11) is -2.94. The highest BCUT2D eigenvalue weighted by molar-refractivity contribution is 7.91. The Morgan fingerprint density at radius 3 is 2.76 bits per heavy atom. The molecule has 2 heterocycles. The first-order valence-electron chi connectivity index (χ1n) is 7.87. The molecule has 2 N–H and O–H groups in total. The van der Waals surface area contributed by atoms with Crippen LogP contribution in [-0.2, 0) is 21.1 Å². The van der Waals surface area contributed by atoms with E-state index in [4.69, 9.17) is 0 Å². The molecule has 1 aromatic carbocycles. The number of anilines is 2. The number of pyridine rings is 1. The lowest BCUT2D eigenvalue weighted by atomic mass is 10.1. The minimum atomic E-state index is -2.94. The minimum Gasteiger partial charge on any atom is -0.380 e. The van der Waals surface area contributed by atoms with E-state index in [0.29, 0.717) is 23.5 Å². The van der Waals surface area contributed by atoms with Crippen LogP contribution in [0.5, 0.6) is 0 Å². The van der Waals surface area contributed by atoms with Crippen molar-refractivity contribution in [2.45, 2.75) is 18.9 Å². The normalized spacial score (nSPS) is 18.7. The van der Waals surface area contributed by atoms with Crippen molar-refractivity contribution in [1.29, 1.82) is 0 Å². The third kappa shape index (κ3) is 4.99. The smallest absolute Gasteiger partial charge is 0.229 e. The minimum absolute atomic E-state index is 0.0549. The summed E-state index contributed by atoms with van der Waals surface area (Å²) in [5.74, 6) is 0.0327. The van der Waals surface area contributed by atoms with Crippen LogP contribution >= 0.6 is 0 Å². The van der Waals surface area contributed by atoms with Crippen molar-refractivity contribution in [2.75, 3.05) is 22.1 Å². The molecule has 1 aliphatic heterocycles. The molecular formula is C17H18FN3O3S. The SMILES string of the molecule is O=C(Cc1cccc(F)c1)Nc1ccc(NC2CCS(=O)(=O)C2)cn1. The van der Waals surface area contributed by atoms with Crippen LogP contribution in [0.2, 0.25) is 0 Å². The van der Waals surface area contributed by atoms with Crippen LogP contribution in [0.25, 0.3) is 0 Å². The molecule has 1 fully saturated rings. The fourth-order valence-corrected chi connectivity index (χ4v) is 4.39. The zero-order chi connectivity index (χ0) is 17.9. The maximum absolute atomic E-state index is 13.1. The van der Waals surface area contributed by atoms with Gasteiger partial charge in [0.25, 0.3) is 0 Å². The van der Waals surface area contributed by atoms with Gasteiger partial charge >= 0.3 is 0 Å². The van der Waals surface area contributed by atoms with Crippen LogP contribution in [-0.4, -0.2) is 36.9 Å². The van der Waals surface area contributed by atoms with Crippen molar-refractivity contribution in [3.8, 4) is 0 Å². The quantitative estimate of drug-likeness (QED) is 0.848. The molecular weight excluding hydrogens is 345 g/mol. The lowest BCUT2D eigenvalue weighted by Gasteiger charge is -2.12. The predicted molar refractivity (Wildman–Crippen MR) is 93.7 cm³/mol. The molecule has 132 valence electrons. The number of aromatic nitrogens is 1. The Morgan fingerprint density at radius 2 is 2.12 bits per heavy atom. The van der Waals surface area contributed by atoms with Crippen LogP contribution in [0.1, 0.15) is 12.0 Å². The van der Waals surface area contributed by atoms with Gasteiger partial charge in [0, 0.05) is 6.04 Å². The van der Waals surface area contributed by atoms with E-state index in [0.717, 1.165) is 0 Å². The summed E-state index contributed by atoms with van der Waals surface area (Å²) in [6, 6.07) is 9.13. The van der Waals surface area contributed by atoms with Crippen LogP contribution in [0, 0.1) is 5.82 Å². The summed E-state index contributed by atoms with van der Waals surface area (Å²) in [6.07, 6.45) is 2.18. The van der Waals surface area contributed by atoms with E-state index in [-0.39, 0.29) is 35.7 Å². The molecule has 0 saturated carbocycles. The molecule has 0 spiro atoms. The molecule has 0 radical (unpaired) electrons. The second-order valence-corrected chi connectivity index (χ2v) is 8.26. The Kier molecular flexibility index (Phi) is 4.98. The third-order valence-corrected chi connectivity index (χ3v) is 5.66. The molecule has 1 amide bonds. The molecule has 1 atom stereocenters. The average Bonchev–Trinajstić information content (AvgIpc) is 2.88. The zero-order valence-electron chi connectivity index (χ0n) is 13.4. The highest BCUT2D eigenvalue weighted by atomic mass is 32.2. The Morgan fingerprint density at radius 1 is 1.28 bits per heavy atom. The molecule has 6 nitrogen and oxygen atoms in total. The first kappa shape index (κ1) is 17.3. The molecule has 1 saturated heterocycles. The van der Waals surface area contributed by atoms with Crippen LogP contribution in [0.4, 0.5) is 15.9 Å². The number of nitrogens with one attached hydrogen (secondary N) is 2. The summed E-state index contributed by atoms with van der Waals surface area (Å²) in [5, 5.41) is 5.77. The second-order valence-electron chi connectivity index (χ2n) is 6.03. The van der Waals surface area contributed by atoms with E-state index < -0.39 is 9.84 Å². The van der Waals surface area contributed by atoms with E-state index in [1.807, 2.05) is 0 Å². The molecule has 1 aromatic heterocycles. The predicted octanol–water partition coefficient (Wildman–Crippen LogP) is 2.00. The number of nitrogens with zero attached hydrogens (tertiary/aromatic N) is 1. The molecule has 25 heavy (non-hydrogen) atoms. The van der Waals surface area contributed by atoms with Crippen LogP contribution in [0.15, 0.2) is 42.6 Å². The highest BCUT2D eigenvalue weighted by Crippen LogP contribution is 2.18. The van der Waals surface area contributed by atoms with Crippen LogP contribution < -0.4 is 10.6 Å². The fourth-order valence-electron chi connectivity index (χ4n) is 2.72. The summed E-state index contributed by atoms with van der Waals surface area (Å²) >= 11 is 0. The molecule has 0 bridgehead atoms. The van der Waals surface area contributed by atoms with Crippen molar-refractivity contribution in [3.63, 3.8) is 0 Å². The van der Waals surface area contributed by atoms with Gasteiger partial charge in [0.05, 0.1) is 29.8 Å². The maximum atomic E-state index is 13.1. The van der Waals surface area contributed by atoms with E-state index in [2.05, 4.69) is 15.6 Å². The van der Waals surface area contributed by atoms with E-state index >= 15 is 0 Å². The number of amides is 1. The van der Waals surface area contributed by atoms with Crippen molar-refractivity contribution in [1.82, 2.24) is 4.98 Å². The average molecular weight is 363 g/mol. The fraction of sp³-hybridized carbons (Fsp3) is 0.294. The topological polar surface area (TPSA) is 88.2 Å². The van der Waals surface area contributed by atoms with Gasteiger partial charge in [-0.3, -0.25) is 4.79 Å². The van der Waals surface area contributed by atoms with Crippen molar-refractivity contribution in [2.24, 2.45) is 0 Å². The van der Waals surface area contributed by atoms with Gasteiger partial charge in [0.1, 0.15) is 11.6 Å². The molecule has 1 aliphatic rings. The van der Waals surface area contributed by atoms with E-state index in [9.17, 15) is 17.6 Å². The highest BCUT2D eigenvalue weighted by Gasteiger charge is 2.27. The van der Waals surface area contributed by atoms with E-state index in [1.165, 1.54) is 12.1 Å². The second kappa shape index (κ2) is 7.18. The van der Waals surface area contributed by atoms with E-state index in [1.54, 1.807) is 30.5 Å². The van der Waals surface area contributed by atoms with Crippen LogP contribution in [0.3, 0.4) is 0 Å². The Hall–Kier alpha value is -2.48. The van der Waals surface area contributed by atoms with Gasteiger partial charge in [-0.15, -0.1) is 0 Å². The number of hydrogen-bond donors (Lipinski definition) is 2. The number of rotatable bonds is 5. The standard InChI is InChI=1S/C17H18FN3O3S/c18-13-3-1-2-12(8-13)9-17(22)21-16-5-4-14(10-19-16)20-15-6-7-25(23,24)11-15/h1-5,8,10,15,20H,6-7,9,11H2,(H,19,21,22). The molecule has 1 unspecified atom stereocenters. The van der Waals surface area contributed by atoms with Crippen molar-refractivity contribution in [3.05, 3.63) is 54.0 Å². The van der Waals surface area contributed by atoms with Gasteiger partial charge in [-0.05, 0) is 36.2 Å². The van der Waals surface area contributed by atoms with Crippen molar-refractivity contribution >= 4 is 27.2 Å². The maximum Gasteiger partial charge on any atom is 0.229 e. The van der Waals surface area contributed by atoms with Gasteiger partial charge in [-0.1, -0.05) is 12.1 Å². The Balaban J connectivity index is 1.54. The summed E-state index contributed by atoms with van der Waals surface area (Å²) < 4.78 is 36.0. The first-order valence-corrected chi connectivity index (χ1v) is 9.69. The van der Waals surface area contributed by atoms with Gasteiger partial charge in [-0.25, -0.2) is 17.8 Å². The number of halogens is 1. The molecule has 0 aliphatic carbocycles. The van der Waals surface area contributed by atoms with Gasteiger partial charge < -0.3 is 10.6 Å². The summed E-state index contributed by atoms with van der Waals surface area (Å²) in [5.41, 5.74) is 1.28.